The van der Waals surface area contributed by atoms with Crippen molar-refractivity contribution < 1.29 is 22.7 Å². The van der Waals surface area contributed by atoms with E-state index < -0.39 is 41.3 Å². The first-order valence-corrected chi connectivity index (χ1v) is 6.12. The summed E-state index contributed by atoms with van der Waals surface area (Å²) in [6.07, 6.45) is 0. The normalized spacial score (nSPS) is 10.5. The van der Waals surface area contributed by atoms with Crippen LogP contribution < -0.4 is 5.73 Å². The van der Waals surface area contributed by atoms with Gasteiger partial charge < -0.3 is 10.5 Å². The fourth-order valence-electron chi connectivity index (χ4n) is 1.58. The minimum Gasteiger partial charge on any atom is -0.457 e. The highest BCUT2D eigenvalue weighted by Gasteiger charge is 2.17. The van der Waals surface area contributed by atoms with Crippen molar-refractivity contribution in [3.63, 3.8) is 0 Å². The number of esters is 1. The van der Waals surface area contributed by atoms with E-state index >= 15 is 0 Å². The number of anilines is 1. The molecule has 0 aliphatic heterocycles. The zero-order valence-electron chi connectivity index (χ0n) is 10.5. The summed E-state index contributed by atoms with van der Waals surface area (Å²) in [4.78, 5) is 11.7. The monoisotopic (exact) mass is 315 g/mol. The molecule has 0 aliphatic carbocycles. The van der Waals surface area contributed by atoms with Gasteiger partial charge in [0.15, 0.2) is 0 Å². The first-order valence-electron chi connectivity index (χ1n) is 5.74. The third kappa shape index (κ3) is 3.46. The van der Waals surface area contributed by atoms with Crippen LogP contribution in [0, 0.1) is 17.5 Å². The lowest BCUT2D eigenvalue weighted by Crippen LogP contribution is -2.10. The lowest BCUT2D eigenvalue weighted by atomic mass is 10.2. The molecule has 2 aromatic carbocycles. The van der Waals surface area contributed by atoms with Gasteiger partial charge in [0.1, 0.15) is 24.1 Å². The van der Waals surface area contributed by atoms with Crippen LogP contribution in [-0.2, 0) is 11.3 Å². The fourth-order valence-corrected chi connectivity index (χ4v) is 1.74. The van der Waals surface area contributed by atoms with Gasteiger partial charge in [0.05, 0.1) is 11.3 Å². The fraction of sp³-hybridized carbons (Fsp3) is 0.0714. The molecule has 0 atom stereocenters. The summed E-state index contributed by atoms with van der Waals surface area (Å²) in [5.74, 6) is -3.75. The summed E-state index contributed by atoms with van der Waals surface area (Å²) in [6.45, 7) is -0.437. The molecule has 0 radical (unpaired) electrons. The number of carbonyl (C=O) groups excluding carboxylic acids is 1. The molecular weight excluding hydrogens is 307 g/mol. The molecule has 21 heavy (non-hydrogen) atoms. The Kier molecular flexibility index (Phi) is 4.37. The first-order chi connectivity index (χ1) is 9.88. The van der Waals surface area contributed by atoms with E-state index in [9.17, 15) is 18.0 Å². The number of halogens is 4. The number of carbonyl (C=O) groups is 1. The smallest absolute Gasteiger partial charge is 0.341 e. The summed E-state index contributed by atoms with van der Waals surface area (Å²) in [5.41, 5.74) is 4.18. The Bertz CT molecular complexity index is 707. The molecule has 0 aliphatic rings. The van der Waals surface area contributed by atoms with Gasteiger partial charge >= 0.3 is 5.97 Å². The van der Waals surface area contributed by atoms with E-state index in [1.165, 1.54) is 12.1 Å². The van der Waals surface area contributed by atoms with Gasteiger partial charge in [-0.05, 0) is 18.2 Å². The molecule has 0 spiro atoms. The molecule has 0 bridgehead atoms. The molecule has 2 aromatic rings. The van der Waals surface area contributed by atoms with Gasteiger partial charge in [-0.2, -0.15) is 0 Å². The Morgan fingerprint density at radius 2 is 1.81 bits per heavy atom. The average Bonchev–Trinajstić information content (AvgIpc) is 2.41. The van der Waals surface area contributed by atoms with Crippen molar-refractivity contribution in [1.82, 2.24) is 0 Å². The summed E-state index contributed by atoms with van der Waals surface area (Å²) >= 11 is 5.58. The number of nitrogen functional groups attached to an aromatic ring is 1. The Labute approximate surface area is 123 Å². The van der Waals surface area contributed by atoms with E-state index in [0.717, 1.165) is 6.07 Å². The molecule has 0 aromatic heterocycles. The summed E-state index contributed by atoms with van der Waals surface area (Å²) in [5, 5.41) is 0.189. The maximum absolute atomic E-state index is 13.5. The molecule has 0 amide bonds. The zero-order chi connectivity index (χ0) is 15.6. The molecule has 2 rings (SSSR count). The molecule has 0 fully saturated rings. The van der Waals surface area contributed by atoms with Crippen molar-refractivity contribution in [3.8, 4) is 0 Å². The number of rotatable bonds is 3. The van der Waals surface area contributed by atoms with E-state index in [-0.39, 0.29) is 10.6 Å². The van der Waals surface area contributed by atoms with Gasteiger partial charge in [0, 0.05) is 16.7 Å². The van der Waals surface area contributed by atoms with Gasteiger partial charge in [-0.1, -0.05) is 17.7 Å². The van der Waals surface area contributed by atoms with Crippen molar-refractivity contribution in [2.75, 3.05) is 5.73 Å². The van der Waals surface area contributed by atoms with Crippen molar-refractivity contribution in [2.24, 2.45) is 0 Å². The Morgan fingerprint density at radius 1 is 1.10 bits per heavy atom. The van der Waals surface area contributed by atoms with Gasteiger partial charge in [0.2, 0.25) is 0 Å². The highest BCUT2D eigenvalue weighted by Crippen LogP contribution is 2.19. The number of nitrogens with two attached hydrogens (primary N) is 1. The van der Waals surface area contributed by atoms with Crippen LogP contribution in [-0.4, -0.2) is 5.97 Å². The SMILES string of the molecule is Nc1cc(F)c(C(=O)OCc2ccc(Cl)cc2F)cc1F. The number of hydrogen-bond acceptors (Lipinski definition) is 3. The molecule has 7 heteroatoms. The Balaban J connectivity index is 2.13. The summed E-state index contributed by atoms with van der Waals surface area (Å²) < 4.78 is 44.9. The van der Waals surface area contributed by atoms with Crippen LogP contribution in [0.3, 0.4) is 0 Å². The second-order valence-electron chi connectivity index (χ2n) is 4.17. The van der Waals surface area contributed by atoms with Crippen LogP contribution >= 0.6 is 11.6 Å². The van der Waals surface area contributed by atoms with Gasteiger partial charge in [0.25, 0.3) is 0 Å². The van der Waals surface area contributed by atoms with Crippen LogP contribution in [0.1, 0.15) is 15.9 Å². The van der Waals surface area contributed by atoms with Crippen LogP contribution in [0.25, 0.3) is 0 Å². The maximum atomic E-state index is 13.5. The highest BCUT2D eigenvalue weighted by atomic mass is 35.5. The maximum Gasteiger partial charge on any atom is 0.341 e. The van der Waals surface area contributed by atoms with Crippen molar-refractivity contribution >= 4 is 23.3 Å². The van der Waals surface area contributed by atoms with Crippen LogP contribution in [0.15, 0.2) is 30.3 Å². The number of hydrogen-bond donors (Lipinski definition) is 1. The van der Waals surface area contributed by atoms with Crippen LogP contribution in [0.5, 0.6) is 0 Å². The van der Waals surface area contributed by atoms with Crippen LogP contribution in [0.4, 0.5) is 18.9 Å². The van der Waals surface area contributed by atoms with E-state index in [1.807, 2.05) is 0 Å². The highest BCUT2D eigenvalue weighted by molar-refractivity contribution is 6.30. The van der Waals surface area contributed by atoms with Crippen LogP contribution in [0.2, 0.25) is 5.02 Å². The molecule has 3 nitrogen and oxygen atoms in total. The van der Waals surface area contributed by atoms with E-state index in [1.54, 1.807) is 0 Å². The second-order valence-corrected chi connectivity index (χ2v) is 4.60. The standard InChI is InChI=1S/C14H9ClF3NO2/c15-8-2-1-7(10(16)3-8)6-21-14(20)9-4-12(18)13(19)5-11(9)17/h1-5H,6,19H2. The van der Waals surface area contributed by atoms with Gasteiger partial charge in [-0.25, -0.2) is 18.0 Å². The molecule has 0 saturated heterocycles. The predicted octanol–water partition coefficient (Wildman–Crippen LogP) is 3.70. The number of benzene rings is 2. The quantitative estimate of drug-likeness (QED) is 0.694. The summed E-state index contributed by atoms with van der Waals surface area (Å²) in [7, 11) is 0. The minimum atomic E-state index is -1.12. The van der Waals surface area contributed by atoms with Gasteiger partial charge in [-0.3, -0.25) is 0 Å². The molecule has 2 N–H and O–H groups in total. The first kappa shape index (κ1) is 15.2. The Morgan fingerprint density at radius 3 is 2.48 bits per heavy atom. The van der Waals surface area contributed by atoms with Crippen molar-refractivity contribution in [1.29, 1.82) is 0 Å². The minimum absolute atomic E-state index is 0.0593. The van der Waals surface area contributed by atoms with Crippen molar-refractivity contribution in [3.05, 3.63) is 63.9 Å². The topological polar surface area (TPSA) is 52.3 Å². The Hall–Kier alpha value is -2.21. The second kappa shape index (κ2) is 6.05. The lowest BCUT2D eigenvalue weighted by molar-refractivity contribution is 0.0463. The van der Waals surface area contributed by atoms with Gasteiger partial charge in [-0.15, -0.1) is 0 Å². The molecular formula is C14H9ClF3NO2. The van der Waals surface area contributed by atoms with E-state index in [0.29, 0.717) is 12.1 Å². The van der Waals surface area contributed by atoms with E-state index in [4.69, 9.17) is 22.1 Å². The average molecular weight is 316 g/mol. The van der Waals surface area contributed by atoms with E-state index in [2.05, 4.69) is 0 Å². The van der Waals surface area contributed by atoms with Crippen molar-refractivity contribution in [2.45, 2.75) is 6.61 Å². The summed E-state index contributed by atoms with van der Waals surface area (Å²) in [6, 6.07) is 5.09. The lowest BCUT2D eigenvalue weighted by Gasteiger charge is -2.08. The molecule has 0 unspecified atom stereocenters. The third-order valence-corrected chi connectivity index (χ3v) is 2.92. The third-order valence-electron chi connectivity index (χ3n) is 2.68. The molecule has 0 heterocycles. The predicted molar refractivity (Wildman–Crippen MR) is 71.3 cm³/mol. The molecule has 110 valence electrons. The zero-order valence-corrected chi connectivity index (χ0v) is 11.3. The molecule has 0 saturated carbocycles. The number of ether oxygens (including phenoxy) is 1. The largest absolute Gasteiger partial charge is 0.457 e.